The summed E-state index contributed by atoms with van der Waals surface area (Å²) in [7, 11) is 0. The molecule has 0 aromatic heterocycles. The van der Waals surface area contributed by atoms with E-state index in [1.54, 1.807) is 0 Å². The molecule has 3 aliphatic rings. The fraction of sp³-hybridized carbons (Fsp3) is 0.435. The molecule has 0 N–H and O–H groups in total. The number of nitrogens with zero attached hydrogens (tertiary/aromatic N) is 2. The summed E-state index contributed by atoms with van der Waals surface area (Å²) in [6.07, 6.45) is 1.98. The van der Waals surface area contributed by atoms with Gasteiger partial charge in [0.1, 0.15) is 13.2 Å². The predicted molar refractivity (Wildman–Crippen MR) is 110 cm³/mol. The molecule has 5 rings (SSSR count). The first-order chi connectivity index (χ1) is 14.3. The number of hydrogen-bond donors (Lipinski definition) is 0. The summed E-state index contributed by atoms with van der Waals surface area (Å²) in [6.45, 7) is 5.23. The average molecular weight is 394 g/mol. The Kier molecular flexibility index (Phi) is 5.02. The van der Waals surface area contributed by atoms with Gasteiger partial charge in [-0.2, -0.15) is 0 Å². The third kappa shape index (κ3) is 3.65. The number of hydrogen-bond acceptors (Lipinski definition) is 5. The van der Waals surface area contributed by atoms with E-state index in [1.165, 1.54) is 0 Å². The number of fused-ring (bicyclic) bond motifs is 1. The van der Waals surface area contributed by atoms with Gasteiger partial charge in [0, 0.05) is 30.9 Å². The number of anilines is 1. The molecule has 29 heavy (non-hydrogen) atoms. The number of likely N-dealkylation sites (tertiary alicyclic amines) is 1. The van der Waals surface area contributed by atoms with Gasteiger partial charge in [-0.1, -0.05) is 6.07 Å². The highest BCUT2D eigenvalue weighted by Crippen LogP contribution is 2.38. The number of ether oxygens (including phenoxy) is 3. The predicted octanol–water partition coefficient (Wildman–Crippen LogP) is 3.27. The van der Waals surface area contributed by atoms with Crippen LogP contribution in [0.1, 0.15) is 34.8 Å². The maximum absolute atomic E-state index is 13.2. The molecule has 2 fully saturated rings. The van der Waals surface area contributed by atoms with Gasteiger partial charge in [0.2, 0.25) is 0 Å². The largest absolute Gasteiger partial charge is 0.486 e. The number of amides is 1. The van der Waals surface area contributed by atoms with Crippen molar-refractivity contribution in [3.63, 3.8) is 0 Å². The van der Waals surface area contributed by atoms with Crippen molar-refractivity contribution in [1.29, 1.82) is 0 Å². The van der Waals surface area contributed by atoms with Crippen LogP contribution < -0.4 is 14.4 Å². The van der Waals surface area contributed by atoms with Gasteiger partial charge in [-0.15, -0.1) is 0 Å². The Labute approximate surface area is 171 Å². The molecular formula is C23H26N2O4. The molecule has 0 radical (unpaired) electrons. The van der Waals surface area contributed by atoms with E-state index in [2.05, 4.69) is 11.0 Å². The molecule has 1 amide bonds. The summed E-state index contributed by atoms with van der Waals surface area (Å²) in [4.78, 5) is 17.5. The molecular weight excluding hydrogens is 368 g/mol. The van der Waals surface area contributed by atoms with Crippen LogP contribution in [0.4, 0.5) is 5.69 Å². The Hall–Kier alpha value is -2.73. The zero-order valence-electron chi connectivity index (χ0n) is 16.5. The molecule has 2 aromatic carbocycles. The number of rotatable bonds is 3. The molecule has 0 saturated carbocycles. The third-order valence-corrected chi connectivity index (χ3v) is 5.96. The summed E-state index contributed by atoms with van der Waals surface area (Å²) < 4.78 is 16.8. The van der Waals surface area contributed by atoms with Crippen molar-refractivity contribution < 1.29 is 19.0 Å². The van der Waals surface area contributed by atoms with E-state index in [1.807, 2.05) is 41.3 Å². The van der Waals surface area contributed by atoms with Crippen LogP contribution in [-0.4, -0.2) is 56.9 Å². The fourth-order valence-corrected chi connectivity index (χ4v) is 4.43. The van der Waals surface area contributed by atoms with E-state index in [0.717, 1.165) is 74.0 Å². The molecule has 3 heterocycles. The fourth-order valence-electron chi connectivity index (χ4n) is 4.43. The van der Waals surface area contributed by atoms with Crippen LogP contribution in [0.3, 0.4) is 0 Å². The summed E-state index contributed by atoms with van der Waals surface area (Å²) in [5.41, 5.74) is 3.01. The lowest BCUT2D eigenvalue weighted by atomic mass is 10.0. The Morgan fingerprint density at radius 1 is 0.862 bits per heavy atom. The van der Waals surface area contributed by atoms with Gasteiger partial charge in [-0.25, -0.2) is 0 Å². The zero-order chi connectivity index (χ0) is 19.6. The highest BCUT2D eigenvalue weighted by Gasteiger charge is 2.31. The molecule has 3 aliphatic heterocycles. The summed E-state index contributed by atoms with van der Waals surface area (Å²) >= 11 is 0. The molecule has 6 heteroatoms. The summed E-state index contributed by atoms with van der Waals surface area (Å²) in [6, 6.07) is 14.1. The maximum atomic E-state index is 13.2. The second-order valence-electron chi connectivity index (χ2n) is 7.71. The van der Waals surface area contributed by atoms with Gasteiger partial charge in [-0.3, -0.25) is 4.79 Å². The topological polar surface area (TPSA) is 51.2 Å². The lowest BCUT2D eigenvalue weighted by Crippen LogP contribution is -2.36. The molecule has 2 saturated heterocycles. The van der Waals surface area contributed by atoms with Gasteiger partial charge < -0.3 is 24.0 Å². The Balaban J connectivity index is 1.33. The standard InChI is InChI=1S/C23H26N2O4/c26-23(17-3-6-19(7-4-17)24-10-12-27-13-11-24)25-9-1-2-20(25)18-5-8-21-22(16-18)29-15-14-28-21/h3-8,16,20H,1-2,9-15H2. The minimum atomic E-state index is 0.0808. The first-order valence-corrected chi connectivity index (χ1v) is 10.4. The molecule has 0 aliphatic carbocycles. The lowest BCUT2D eigenvalue weighted by molar-refractivity contribution is 0.0735. The van der Waals surface area contributed by atoms with E-state index in [0.29, 0.717) is 13.2 Å². The number of morpholine rings is 1. The van der Waals surface area contributed by atoms with Crippen molar-refractivity contribution >= 4 is 11.6 Å². The molecule has 6 nitrogen and oxygen atoms in total. The normalized spacial score (nSPS) is 21.3. The number of benzene rings is 2. The van der Waals surface area contributed by atoms with Crippen LogP contribution >= 0.6 is 0 Å². The van der Waals surface area contributed by atoms with Crippen LogP contribution in [0, 0.1) is 0 Å². The van der Waals surface area contributed by atoms with Crippen molar-refractivity contribution in [2.45, 2.75) is 18.9 Å². The molecule has 152 valence electrons. The number of carbonyl (C=O) groups is 1. The highest BCUT2D eigenvalue weighted by atomic mass is 16.6. The Bertz CT molecular complexity index is 877. The van der Waals surface area contributed by atoms with Gasteiger partial charge in [-0.05, 0) is 54.8 Å². The minimum Gasteiger partial charge on any atom is -0.486 e. The van der Waals surface area contributed by atoms with Gasteiger partial charge >= 0.3 is 0 Å². The summed E-state index contributed by atoms with van der Waals surface area (Å²) in [5, 5.41) is 0. The van der Waals surface area contributed by atoms with E-state index in [9.17, 15) is 4.79 Å². The van der Waals surface area contributed by atoms with Crippen molar-refractivity contribution in [2.75, 3.05) is 51.0 Å². The van der Waals surface area contributed by atoms with E-state index in [4.69, 9.17) is 14.2 Å². The van der Waals surface area contributed by atoms with Crippen molar-refractivity contribution in [1.82, 2.24) is 4.90 Å². The third-order valence-electron chi connectivity index (χ3n) is 5.96. The maximum Gasteiger partial charge on any atom is 0.254 e. The van der Waals surface area contributed by atoms with Gasteiger partial charge in [0.05, 0.1) is 19.3 Å². The van der Waals surface area contributed by atoms with Crippen LogP contribution in [0.2, 0.25) is 0 Å². The second kappa shape index (κ2) is 7.95. The smallest absolute Gasteiger partial charge is 0.254 e. The molecule has 1 unspecified atom stereocenters. The van der Waals surface area contributed by atoms with Crippen molar-refractivity contribution in [3.05, 3.63) is 53.6 Å². The molecule has 0 spiro atoms. The Morgan fingerprint density at radius 3 is 2.41 bits per heavy atom. The highest BCUT2D eigenvalue weighted by molar-refractivity contribution is 5.95. The Morgan fingerprint density at radius 2 is 1.62 bits per heavy atom. The number of carbonyl (C=O) groups excluding carboxylic acids is 1. The molecule has 2 aromatic rings. The quantitative estimate of drug-likeness (QED) is 0.800. The summed E-state index contributed by atoms with van der Waals surface area (Å²) in [5.74, 6) is 1.66. The monoisotopic (exact) mass is 394 g/mol. The van der Waals surface area contributed by atoms with Crippen LogP contribution in [0.25, 0.3) is 0 Å². The second-order valence-corrected chi connectivity index (χ2v) is 7.71. The first-order valence-electron chi connectivity index (χ1n) is 10.4. The zero-order valence-corrected chi connectivity index (χ0v) is 16.5. The van der Waals surface area contributed by atoms with Crippen LogP contribution in [-0.2, 0) is 4.74 Å². The minimum absolute atomic E-state index is 0.0808. The van der Waals surface area contributed by atoms with Crippen LogP contribution in [0.15, 0.2) is 42.5 Å². The lowest BCUT2D eigenvalue weighted by Gasteiger charge is -2.29. The van der Waals surface area contributed by atoms with Gasteiger partial charge in [0.25, 0.3) is 5.91 Å². The molecule has 0 bridgehead atoms. The first kappa shape index (κ1) is 18.3. The molecule has 1 atom stereocenters. The van der Waals surface area contributed by atoms with Gasteiger partial charge in [0.15, 0.2) is 11.5 Å². The van der Waals surface area contributed by atoms with E-state index < -0.39 is 0 Å². The van der Waals surface area contributed by atoms with E-state index in [-0.39, 0.29) is 11.9 Å². The van der Waals surface area contributed by atoms with E-state index >= 15 is 0 Å². The van der Waals surface area contributed by atoms with Crippen molar-refractivity contribution in [3.8, 4) is 11.5 Å². The SMILES string of the molecule is O=C(c1ccc(N2CCOCC2)cc1)N1CCCC1c1ccc2c(c1)OCCO2. The van der Waals surface area contributed by atoms with Crippen molar-refractivity contribution in [2.24, 2.45) is 0 Å². The van der Waals surface area contributed by atoms with Crippen LogP contribution in [0.5, 0.6) is 11.5 Å². The average Bonchev–Trinajstić information content (AvgIpc) is 3.29.